The third-order valence-electron chi connectivity index (χ3n) is 9.11. The van der Waals surface area contributed by atoms with Gasteiger partial charge in [-0.3, -0.25) is 0 Å². The van der Waals surface area contributed by atoms with Crippen molar-refractivity contribution in [3.05, 3.63) is 48.5 Å². The number of imidazole rings is 1. The monoisotopic (exact) mass is 466 g/mol. The molecule has 0 spiro atoms. The van der Waals surface area contributed by atoms with E-state index < -0.39 is 5.79 Å². The quantitative estimate of drug-likeness (QED) is 0.268. The highest BCUT2D eigenvalue weighted by Crippen LogP contribution is 2.60. The van der Waals surface area contributed by atoms with E-state index in [1.807, 2.05) is 24.2 Å². The highest BCUT2D eigenvalue weighted by atomic mass is 17.2. The third-order valence-corrected chi connectivity index (χ3v) is 9.11. The van der Waals surface area contributed by atoms with Crippen molar-refractivity contribution in [1.82, 2.24) is 9.55 Å². The van der Waals surface area contributed by atoms with E-state index in [0.29, 0.717) is 24.4 Å². The van der Waals surface area contributed by atoms with Crippen LogP contribution in [0.4, 0.5) is 0 Å². The Morgan fingerprint density at radius 3 is 2.26 bits per heavy atom. The van der Waals surface area contributed by atoms with Gasteiger partial charge in [0.15, 0.2) is 0 Å². The van der Waals surface area contributed by atoms with Gasteiger partial charge in [-0.15, -0.1) is 0 Å². The second-order valence-electron chi connectivity index (χ2n) is 11.1. The summed E-state index contributed by atoms with van der Waals surface area (Å²) in [5.41, 5.74) is 1.40. The van der Waals surface area contributed by atoms with Crippen molar-refractivity contribution in [3.8, 4) is 5.75 Å². The average Bonchev–Trinajstić information content (AvgIpc) is 3.38. The molecule has 5 saturated carbocycles. The van der Waals surface area contributed by atoms with Crippen molar-refractivity contribution in [3.63, 3.8) is 0 Å². The van der Waals surface area contributed by atoms with Crippen LogP contribution >= 0.6 is 0 Å². The predicted octanol–water partition coefficient (Wildman–Crippen LogP) is 5.74. The molecule has 1 heterocycles. The first kappa shape index (κ1) is 22.6. The molecule has 0 atom stereocenters. The van der Waals surface area contributed by atoms with Gasteiger partial charge in [-0.25, -0.2) is 14.8 Å². The zero-order valence-electron chi connectivity index (χ0n) is 20.3. The maximum absolute atomic E-state index is 6.27. The second-order valence-corrected chi connectivity index (χ2v) is 11.1. The Balaban J connectivity index is 0.972. The van der Waals surface area contributed by atoms with E-state index in [0.717, 1.165) is 49.8 Å². The molecule has 34 heavy (non-hydrogen) atoms. The van der Waals surface area contributed by atoms with Gasteiger partial charge in [-0.2, -0.15) is 0 Å². The Bertz CT molecular complexity index is 892. The Hall–Kier alpha value is -1.89. The van der Waals surface area contributed by atoms with E-state index in [2.05, 4.69) is 29.2 Å². The molecule has 5 fully saturated rings. The molecule has 0 saturated heterocycles. The van der Waals surface area contributed by atoms with Crippen LogP contribution in [0.15, 0.2) is 43.0 Å². The SMILES string of the molecule is COC1(OOC2CCC(c3ccc(OCCn4ccnc4)cc3)CC2)C2CC3CC(C2)CC1C3. The van der Waals surface area contributed by atoms with E-state index in [9.17, 15) is 0 Å². The summed E-state index contributed by atoms with van der Waals surface area (Å²) in [7, 11) is 1.83. The van der Waals surface area contributed by atoms with E-state index in [1.54, 1.807) is 6.20 Å². The molecule has 6 nitrogen and oxygen atoms in total. The molecule has 0 amide bonds. The Kier molecular flexibility index (Phi) is 6.39. The summed E-state index contributed by atoms with van der Waals surface area (Å²) in [6.07, 6.45) is 16.5. The number of rotatable bonds is 9. The normalized spacial score (nSPS) is 36.6. The highest BCUT2D eigenvalue weighted by Gasteiger charge is 2.60. The average molecular weight is 467 g/mol. The van der Waals surface area contributed by atoms with Gasteiger partial charge in [0.05, 0.1) is 19.0 Å². The number of hydrogen-bond donors (Lipinski definition) is 0. The maximum atomic E-state index is 6.27. The number of hydrogen-bond acceptors (Lipinski definition) is 5. The van der Waals surface area contributed by atoms with Crippen molar-refractivity contribution in [2.24, 2.45) is 23.7 Å². The van der Waals surface area contributed by atoms with E-state index >= 15 is 0 Å². The Morgan fingerprint density at radius 1 is 0.941 bits per heavy atom. The Morgan fingerprint density at radius 2 is 1.65 bits per heavy atom. The summed E-state index contributed by atoms with van der Waals surface area (Å²) in [5.74, 6) is 3.79. The van der Waals surface area contributed by atoms with Crippen LogP contribution in [0, 0.1) is 23.7 Å². The van der Waals surface area contributed by atoms with Gasteiger partial charge in [0.2, 0.25) is 5.79 Å². The first-order chi connectivity index (χ1) is 16.7. The molecule has 5 aliphatic rings. The zero-order valence-corrected chi connectivity index (χ0v) is 20.3. The van der Waals surface area contributed by atoms with Crippen LogP contribution < -0.4 is 4.74 Å². The lowest BCUT2D eigenvalue weighted by Crippen LogP contribution is -2.60. The van der Waals surface area contributed by atoms with E-state index in [1.165, 1.54) is 37.7 Å². The zero-order chi connectivity index (χ0) is 23.0. The van der Waals surface area contributed by atoms with Gasteiger partial charge < -0.3 is 14.0 Å². The van der Waals surface area contributed by atoms with Gasteiger partial charge >= 0.3 is 0 Å². The van der Waals surface area contributed by atoms with Gasteiger partial charge in [-0.05, 0) is 93.2 Å². The van der Waals surface area contributed by atoms with Crippen molar-refractivity contribution in [2.75, 3.05) is 13.7 Å². The standard InChI is InChI=1S/C28H38N2O4/c1-31-28(24-15-20-14-21(17-24)18-25(28)16-20)34-33-27-8-4-23(5-9-27)22-2-6-26(7-3-22)32-13-12-30-11-10-29-19-30/h2-3,6-7,10-11,19-21,23-25,27H,4-5,8-9,12-18H2,1H3. The molecule has 0 radical (unpaired) electrons. The second kappa shape index (κ2) is 9.63. The minimum Gasteiger partial charge on any atom is -0.492 e. The number of benzene rings is 1. The number of aromatic nitrogens is 2. The smallest absolute Gasteiger partial charge is 0.207 e. The summed E-state index contributed by atoms with van der Waals surface area (Å²) in [6.45, 7) is 1.45. The molecular formula is C28H38N2O4. The molecule has 5 aliphatic carbocycles. The van der Waals surface area contributed by atoms with Gasteiger partial charge in [-0.1, -0.05) is 12.1 Å². The minimum atomic E-state index is -0.502. The summed E-state index contributed by atoms with van der Waals surface area (Å²) < 4.78 is 14.0. The molecule has 184 valence electrons. The molecular weight excluding hydrogens is 428 g/mol. The number of ether oxygens (including phenoxy) is 2. The van der Waals surface area contributed by atoms with Crippen LogP contribution in [0.1, 0.15) is 69.3 Å². The maximum Gasteiger partial charge on any atom is 0.207 e. The lowest BCUT2D eigenvalue weighted by atomic mass is 9.53. The van der Waals surface area contributed by atoms with Crippen LogP contribution in [-0.4, -0.2) is 35.2 Å². The largest absolute Gasteiger partial charge is 0.492 e. The van der Waals surface area contributed by atoms with Gasteiger partial charge in [0.25, 0.3) is 0 Å². The highest BCUT2D eigenvalue weighted by molar-refractivity contribution is 5.29. The fourth-order valence-electron chi connectivity index (χ4n) is 7.50. The van der Waals surface area contributed by atoms with Crippen LogP contribution in [0.3, 0.4) is 0 Å². The van der Waals surface area contributed by atoms with Crippen molar-refractivity contribution in [2.45, 2.75) is 82.1 Å². The first-order valence-electron chi connectivity index (χ1n) is 13.3. The topological polar surface area (TPSA) is 54.7 Å². The lowest BCUT2D eigenvalue weighted by molar-refractivity contribution is -0.485. The number of methoxy groups -OCH3 is 1. The Labute approximate surface area is 202 Å². The number of nitrogens with zero attached hydrogens (tertiary/aromatic N) is 2. The molecule has 0 N–H and O–H groups in total. The third kappa shape index (κ3) is 4.40. The summed E-state index contributed by atoms with van der Waals surface area (Å²) in [4.78, 5) is 16.5. The van der Waals surface area contributed by atoms with Crippen LogP contribution in [0.5, 0.6) is 5.75 Å². The van der Waals surface area contributed by atoms with Crippen molar-refractivity contribution in [1.29, 1.82) is 0 Å². The van der Waals surface area contributed by atoms with Gasteiger partial charge in [0.1, 0.15) is 12.4 Å². The van der Waals surface area contributed by atoms with Crippen LogP contribution in [0.2, 0.25) is 0 Å². The van der Waals surface area contributed by atoms with Crippen LogP contribution in [0.25, 0.3) is 0 Å². The van der Waals surface area contributed by atoms with Gasteiger partial charge in [0, 0.05) is 31.3 Å². The molecule has 7 rings (SSSR count). The van der Waals surface area contributed by atoms with Crippen LogP contribution in [-0.2, 0) is 21.1 Å². The fourth-order valence-corrected chi connectivity index (χ4v) is 7.50. The lowest BCUT2D eigenvalue weighted by Gasteiger charge is -2.58. The van der Waals surface area contributed by atoms with Crippen molar-refractivity contribution >= 4 is 0 Å². The van der Waals surface area contributed by atoms with Crippen molar-refractivity contribution < 1.29 is 19.2 Å². The molecule has 1 aromatic carbocycles. The summed E-state index contributed by atoms with van der Waals surface area (Å²) >= 11 is 0. The van der Waals surface area contributed by atoms with E-state index in [-0.39, 0.29) is 6.10 Å². The summed E-state index contributed by atoms with van der Waals surface area (Å²) in [5, 5.41) is 0. The molecule has 6 heteroatoms. The molecule has 0 aliphatic heterocycles. The molecule has 2 aromatic rings. The minimum absolute atomic E-state index is 0.172. The molecule has 4 bridgehead atoms. The van der Waals surface area contributed by atoms with E-state index in [4.69, 9.17) is 19.2 Å². The fraction of sp³-hybridized carbons (Fsp3) is 0.679. The summed E-state index contributed by atoms with van der Waals surface area (Å²) in [6, 6.07) is 8.65. The molecule has 0 unspecified atom stereocenters. The first-order valence-corrected chi connectivity index (χ1v) is 13.3. The molecule has 1 aromatic heterocycles. The predicted molar refractivity (Wildman–Crippen MR) is 128 cm³/mol.